The fourth-order valence-corrected chi connectivity index (χ4v) is 2.73. The molecule has 2 aromatic carbocycles. The highest BCUT2D eigenvalue weighted by atomic mass is 35.5. The third-order valence-electron chi connectivity index (χ3n) is 3.15. The average Bonchev–Trinajstić information content (AvgIpc) is 2.74. The molecule has 1 aromatic heterocycles. The quantitative estimate of drug-likeness (QED) is 0.671. The first-order chi connectivity index (χ1) is 9.60. The molecule has 0 spiro atoms. The summed E-state index contributed by atoms with van der Waals surface area (Å²) in [6.07, 6.45) is 0. The molecule has 3 aromatic rings. The van der Waals surface area contributed by atoms with E-state index in [1.54, 1.807) is 18.2 Å². The van der Waals surface area contributed by atoms with Crippen molar-refractivity contribution in [1.29, 1.82) is 5.26 Å². The van der Waals surface area contributed by atoms with E-state index in [9.17, 15) is 0 Å². The number of rotatable bonds is 1. The molecule has 0 bridgehead atoms. The first-order valence-electron chi connectivity index (χ1n) is 6.01. The Kier molecular flexibility index (Phi) is 3.09. The number of H-pyrrole nitrogens is 1. The summed E-state index contributed by atoms with van der Waals surface area (Å²) < 4.78 is 2.41. The fourth-order valence-electron chi connectivity index (χ4n) is 2.22. The van der Waals surface area contributed by atoms with E-state index in [2.05, 4.69) is 11.1 Å². The Morgan fingerprint density at radius 1 is 1.25 bits per heavy atom. The van der Waals surface area contributed by atoms with Crippen LogP contribution >= 0.6 is 23.8 Å². The van der Waals surface area contributed by atoms with Crippen LogP contribution in [-0.4, -0.2) is 9.55 Å². The molecule has 20 heavy (non-hydrogen) atoms. The molecule has 3 nitrogen and oxygen atoms in total. The van der Waals surface area contributed by atoms with Gasteiger partial charge in [-0.2, -0.15) is 5.26 Å². The number of nitrogens with one attached hydrogen (secondary N) is 1. The van der Waals surface area contributed by atoms with E-state index in [1.807, 2.05) is 29.7 Å². The Bertz CT molecular complexity index is 915. The van der Waals surface area contributed by atoms with Crippen molar-refractivity contribution in [3.05, 3.63) is 57.3 Å². The molecule has 1 heterocycles. The van der Waals surface area contributed by atoms with Gasteiger partial charge < -0.3 is 4.98 Å². The number of aromatic nitrogens is 2. The van der Waals surface area contributed by atoms with Gasteiger partial charge in [0.05, 0.1) is 33.4 Å². The third-order valence-corrected chi connectivity index (χ3v) is 3.76. The van der Waals surface area contributed by atoms with Crippen LogP contribution in [0.15, 0.2) is 36.4 Å². The van der Waals surface area contributed by atoms with Gasteiger partial charge in [-0.1, -0.05) is 17.7 Å². The first kappa shape index (κ1) is 12.9. The van der Waals surface area contributed by atoms with Gasteiger partial charge in [-0.3, -0.25) is 4.57 Å². The van der Waals surface area contributed by atoms with Crippen molar-refractivity contribution in [3.8, 4) is 11.8 Å². The summed E-state index contributed by atoms with van der Waals surface area (Å²) in [6, 6.07) is 13.3. The van der Waals surface area contributed by atoms with E-state index in [-0.39, 0.29) is 0 Å². The predicted molar refractivity (Wildman–Crippen MR) is 82.9 cm³/mol. The summed E-state index contributed by atoms with van der Waals surface area (Å²) >= 11 is 11.6. The molecule has 1 N–H and O–H groups in total. The van der Waals surface area contributed by atoms with E-state index in [0.29, 0.717) is 21.0 Å². The molecule has 0 saturated heterocycles. The van der Waals surface area contributed by atoms with Gasteiger partial charge in [0.2, 0.25) is 0 Å². The third kappa shape index (κ3) is 2.01. The smallest absolute Gasteiger partial charge is 0.182 e. The number of hydrogen-bond acceptors (Lipinski definition) is 2. The Balaban J connectivity index is 2.38. The zero-order valence-corrected chi connectivity index (χ0v) is 12.2. The van der Waals surface area contributed by atoms with Crippen LogP contribution in [0.3, 0.4) is 0 Å². The Morgan fingerprint density at radius 3 is 2.80 bits per heavy atom. The number of aryl methyl sites for hydroxylation is 1. The number of nitriles is 1. The second kappa shape index (κ2) is 4.78. The van der Waals surface area contributed by atoms with Crippen LogP contribution in [-0.2, 0) is 0 Å². The highest BCUT2D eigenvalue weighted by Gasteiger charge is 2.10. The largest absolute Gasteiger partial charge is 0.330 e. The number of fused-ring (bicyclic) bond motifs is 1. The standard InChI is InChI=1S/C15H10ClN3S/c1-9-2-5-13-12(6-9)18-15(20)19(13)14-7-10(8-17)3-4-11(14)16/h2-7H,1H3,(H,18,20). The number of benzene rings is 2. The molecule has 0 saturated carbocycles. The molecule has 0 aliphatic carbocycles. The van der Waals surface area contributed by atoms with Crippen molar-refractivity contribution in [2.75, 3.05) is 0 Å². The number of aromatic amines is 1. The van der Waals surface area contributed by atoms with E-state index >= 15 is 0 Å². The number of hydrogen-bond donors (Lipinski definition) is 1. The molecule has 0 aliphatic rings. The normalized spacial score (nSPS) is 10.7. The van der Waals surface area contributed by atoms with Gasteiger partial charge in [-0.15, -0.1) is 0 Å². The van der Waals surface area contributed by atoms with Crippen molar-refractivity contribution in [1.82, 2.24) is 9.55 Å². The zero-order chi connectivity index (χ0) is 14.3. The van der Waals surface area contributed by atoms with Crippen molar-refractivity contribution in [2.45, 2.75) is 6.92 Å². The van der Waals surface area contributed by atoms with Gasteiger partial charge in [-0.05, 0) is 55.0 Å². The molecular formula is C15H10ClN3S. The summed E-state index contributed by atoms with van der Waals surface area (Å²) in [5, 5.41) is 9.59. The molecular weight excluding hydrogens is 290 g/mol. The average molecular weight is 300 g/mol. The minimum absolute atomic E-state index is 0.549. The molecule has 0 atom stereocenters. The van der Waals surface area contributed by atoms with Gasteiger partial charge in [0.1, 0.15) is 0 Å². The van der Waals surface area contributed by atoms with Crippen LogP contribution in [0.2, 0.25) is 5.02 Å². The van der Waals surface area contributed by atoms with Gasteiger partial charge >= 0.3 is 0 Å². The Morgan fingerprint density at radius 2 is 2.05 bits per heavy atom. The molecule has 0 aliphatic heterocycles. The maximum atomic E-state index is 9.03. The highest BCUT2D eigenvalue weighted by Crippen LogP contribution is 2.26. The van der Waals surface area contributed by atoms with Crippen LogP contribution in [0.5, 0.6) is 0 Å². The maximum Gasteiger partial charge on any atom is 0.182 e. The monoisotopic (exact) mass is 299 g/mol. The second-order valence-corrected chi connectivity index (χ2v) is 5.36. The van der Waals surface area contributed by atoms with Crippen molar-refractivity contribution < 1.29 is 0 Å². The summed E-state index contributed by atoms with van der Waals surface area (Å²) in [5.74, 6) is 0. The minimum Gasteiger partial charge on any atom is -0.330 e. The lowest BCUT2D eigenvalue weighted by Crippen LogP contribution is -1.96. The fraction of sp³-hybridized carbons (Fsp3) is 0.0667. The summed E-state index contributed by atoms with van der Waals surface area (Å²) in [6.45, 7) is 2.02. The van der Waals surface area contributed by atoms with Crippen molar-refractivity contribution >= 4 is 34.9 Å². The summed E-state index contributed by atoms with van der Waals surface area (Å²) in [4.78, 5) is 3.17. The Labute approximate surface area is 126 Å². The molecule has 0 radical (unpaired) electrons. The van der Waals surface area contributed by atoms with E-state index in [4.69, 9.17) is 29.1 Å². The molecule has 0 unspecified atom stereocenters. The lowest BCUT2D eigenvalue weighted by Gasteiger charge is -2.07. The lowest BCUT2D eigenvalue weighted by atomic mass is 10.2. The summed E-state index contributed by atoms with van der Waals surface area (Å²) in [5.41, 5.74) is 4.31. The van der Waals surface area contributed by atoms with Crippen LogP contribution in [0.4, 0.5) is 0 Å². The maximum absolute atomic E-state index is 9.03. The SMILES string of the molecule is Cc1ccc2c(c1)[nH]c(=S)n2-c1cc(C#N)ccc1Cl. The molecule has 0 amide bonds. The highest BCUT2D eigenvalue weighted by molar-refractivity contribution is 7.71. The molecule has 0 fully saturated rings. The minimum atomic E-state index is 0.549. The Hall–Kier alpha value is -2.09. The number of nitrogens with zero attached hydrogens (tertiary/aromatic N) is 2. The predicted octanol–water partition coefficient (Wildman–Crippen LogP) is 4.52. The van der Waals surface area contributed by atoms with E-state index in [1.165, 1.54) is 0 Å². The number of imidazole rings is 1. The lowest BCUT2D eigenvalue weighted by molar-refractivity contribution is 1.06. The second-order valence-electron chi connectivity index (χ2n) is 4.56. The van der Waals surface area contributed by atoms with Gasteiger partial charge in [0, 0.05) is 0 Å². The van der Waals surface area contributed by atoms with Crippen LogP contribution < -0.4 is 0 Å². The van der Waals surface area contributed by atoms with E-state index < -0.39 is 0 Å². The topological polar surface area (TPSA) is 44.5 Å². The van der Waals surface area contributed by atoms with Crippen LogP contribution in [0.25, 0.3) is 16.7 Å². The van der Waals surface area contributed by atoms with Crippen molar-refractivity contribution in [2.24, 2.45) is 0 Å². The van der Waals surface area contributed by atoms with Gasteiger partial charge in [-0.25, -0.2) is 0 Å². The van der Waals surface area contributed by atoms with Crippen LogP contribution in [0.1, 0.15) is 11.1 Å². The molecule has 3 rings (SSSR count). The van der Waals surface area contributed by atoms with Crippen molar-refractivity contribution in [3.63, 3.8) is 0 Å². The number of halogens is 1. The zero-order valence-electron chi connectivity index (χ0n) is 10.6. The molecule has 98 valence electrons. The summed E-state index contributed by atoms with van der Waals surface area (Å²) in [7, 11) is 0. The van der Waals surface area contributed by atoms with Gasteiger partial charge in [0.25, 0.3) is 0 Å². The van der Waals surface area contributed by atoms with Gasteiger partial charge in [0.15, 0.2) is 4.77 Å². The molecule has 5 heteroatoms. The van der Waals surface area contributed by atoms with Crippen LogP contribution in [0, 0.1) is 23.0 Å². The first-order valence-corrected chi connectivity index (χ1v) is 6.80. The van der Waals surface area contributed by atoms with E-state index in [0.717, 1.165) is 16.6 Å².